The fourth-order valence-corrected chi connectivity index (χ4v) is 2.87. The second kappa shape index (κ2) is 7.09. The molecule has 102 valence electrons. The molecule has 0 aromatic heterocycles. The minimum atomic E-state index is -3.25. The van der Waals surface area contributed by atoms with Gasteiger partial charge in [0.25, 0.3) is 0 Å². The Balaban J connectivity index is 2.75. The molecule has 0 unspecified atom stereocenters. The second-order valence-corrected chi connectivity index (χ2v) is 6.40. The van der Waals surface area contributed by atoms with Crippen LogP contribution in [0.4, 0.5) is 0 Å². The van der Waals surface area contributed by atoms with Crippen LogP contribution in [0.5, 0.6) is 0 Å². The molecule has 0 radical (unpaired) electrons. The third kappa shape index (κ3) is 4.57. The minimum absolute atomic E-state index is 0.286. The number of ether oxygens (including phenoxy) is 1. The number of hydrogen-bond donors (Lipinski definition) is 1. The highest BCUT2D eigenvalue weighted by molar-refractivity contribution is 7.90. The lowest BCUT2D eigenvalue weighted by molar-refractivity contribution is 0.194. The zero-order chi connectivity index (χ0) is 13.6. The van der Waals surface area contributed by atoms with E-state index in [1.807, 2.05) is 0 Å². The summed E-state index contributed by atoms with van der Waals surface area (Å²) in [5, 5.41) is 3.63. The summed E-state index contributed by atoms with van der Waals surface area (Å²) in [6, 6.07) is 4.92. The largest absolute Gasteiger partial charge is 0.385 e. The molecular formula is C12H18ClNO3S. The summed E-state index contributed by atoms with van der Waals surface area (Å²) in [5.41, 5.74) is 0.624. The molecule has 0 aliphatic rings. The molecule has 0 aliphatic heterocycles. The zero-order valence-corrected chi connectivity index (χ0v) is 12.1. The van der Waals surface area contributed by atoms with Crippen LogP contribution in [-0.4, -0.2) is 34.9 Å². The maximum atomic E-state index is 11.6. The van der Waals surface area contributed by atoms with Crippen molar-refractivity contribution in [3.8, 4) is 0 Å². The van der Waals surface area contributed by atoms with E-state index in [4.69, 9.17) is 16.3 Å². The highest BCUT2D eigenvalue weighted by atomic mass is 35.5. The fourth-order valence-electron chi connectivity index (χ4n) is 1.61. The van der Waals surface area contributed by atoms with Crippen LogP contribution in [0, 0.1) is 0 Å². The summed E-state index contributed by atoms with van der Waals surface area (Å²) in [6.45, 7) is 1.86. The van der Waals surface area contributed by atoms with Crippen LogP contribution in [0.1, 0.15) is 12.0 Å². The summed E-state index contributed by atoms with van der Waals surface area (Å²) in [4.78, 5) is 0.286. The van der Waals surface area contributed by atoms with E-state index in [1.54, 1.807) is 25.3 Å². The van der Waals surface area contributed by atoms with Crippen molar-refractivity contribution < 1.29 is 13.2 Å². The van der Waals surface area contributed by atoms with Gasteiger partial charge < -0.3 is 10.1 Å². The van der Waals surface area contributed by atoms with Crippen LogP contribution in [0.25, 0.3) is 0 Å². The normalized spacial score (nSPS) is 11.7. The molecule has 0 spiro atoms. The Labute approximate surface area is 113 Å². The molecule has 0 atom stereocenters. The molecule has 1 aromatic carbocycles. The molecule has 0 aliphatic carbocycles. The van der Waals surface area contributed by atoms with E-state index in [9.17, 15) is 8.42 Å². The number of benzene rings is 1. The first kappa shape index (κ1) is 15.4. The highest BCUT2D eigenvalue weighted by Gasteiger charge is 2.15. The molecule has 1 N–H and O–H groups in total. The van der Waals surface area contributed by atoms with Crippen LogP contribution < -0.4 is 5.32 Å². The average molecular weight is 292 g/mol. The van der Waals surface area contributed by atoms with Gasteiger partial charge in [0.2, 0.25) is 0 Å². The molecule has 0 fully saturated rings. The predicted octanol–water partition coefficient (Wildman–Crippen LogP) is 1.87. The van der Waals surface area contributed by atoms with Crippen molar-refractivity contribution in [1.82, 2.24) is 5.32 Å². The van der Waals surface area contributed by atoms with Gasteiger partial charge in [-0.15, -0.1) is 0 Å². The van der Waals surface area contributed by atoms with Gasteiger partial charge in [-0.3, -0.25) is 0 Å². The van der Waals surface area contributed by atoms with Crippen LogP contribution in [0.2, 0.25) is 5.02 Å². The molecular weight excluding hydrogens is 274 g/mol. The number of nitrogens with one attached hydrogen (secondary N) is 1. The molecule has 1 aromatic rings. The lowest BCUT2D eigenvalue weighted by Crippen LogP contribution is -2.18. The average Bonchev–Trinajstić information content (AvgIpc) is 2.29. The van der Waals surface area contributed by atoms with Crippen LogP contribution in [0.15, 0.2) is 23.1 Å². The predicted molar refractivity (Wildman–Crippen MR) is 72.8 cm³/mol. The van der Waals surface area contributed by atoms with Crippen molar-refractivity contribution in [1.29, 1.82) is 0 Å². The Kier molecular flexibility index (Phi) is 6.08. The topological polar surface area (TPSA) is 55.4 Å². The van der Waals surface area contributed by atoms with Crippen LogP contribution >= 0.6 is 11.6 Å². The monoisotopic (exact) mass is 291 g/mol. The number of sulfone groups is 1. The Bertz CT molecular complexity index is 488. The standard InChI is InChI=1S/C12H18ClNO3S/c1-17-8-4-7-14-9-10-11(13)5-3-6-12(10)18(2,15)16/h3,5-6,14H,4,7-9H2,1-2H3. The third-order valence-corrected chi connectivity index (χ3v) is 4.01. The van der Waals surface area contributed by atoms with Gasteiger partial charge in [0.05, 0.1) is 4.90 Å². The molecule has 18 heavy (non-hydrogen) atoms. The van der Waals surface area contributed by atoms with Gasteiger partial charge >= 0.3 is 0 Å². The van der Waals surface area contributed by atoms with Gasteiger partial charge in [-0.05, 0) is 25.1 Å². The Morgan fingerprint density at radius 1 is 1.39 bits per heavy atom. The van der Waals surface area contributed by atoms with Crippen LogP contribution in [-0.2, 0) is 21.1 Å². The lowest BCUT2D eigenvalue weighted by atomic mass is 10.2. The smallest absolute Gasteiger partial charge is 0.175 e. The van der Waals surface area contributed by atoms with Crippen molar-refractivity contribution >= 4 is 21.4 Å². The van der Waals surface area contributed by atoms with Gasteiger partial charge in [-0.25, -0.2) is 8.42 Å². The van der Waals surface area contributed by atoms with Crippen molar-refractivity contribution in [2.45, 2.75) is 17.9 Å². The molecule has 0 amide bonds. The quantitative estimate of drug-likeness (QED) is 0.779. The van der Waals surface area contributed by atoms with Crippen molar-refractivity contribution in [3.05, 3.63) is 28.8 Å². The second-order valence-electron chi connectivity index (χ2n) is 4.01. The first-order chi connectivity index (χ1) is 8.46. The van der Waals surface area contributed by atoms with Crippen molar-refractivity contribution in [2.75, 3.05) is 26.5 Å². The molecule has 0 saturated heterocycles. The molecule has 0 bridgehead atoms. The summed E-state index contributed by atoms with van der Waals surface area (Å²) >= 11 is 6.05. The summed E-state index contributed by atoms with van der Waals surface area (Å²) < 4.78 is 28.2. The maximum Gasteiger partial charge on any atom is 0.175 e. The molecule has 0 saturated carbocycles. The van der Waals surface area contributed by atoms with Gasteiger partial charge in [0.1, 0.15) is 0 Å². The van der Waals surface area contributed by atoms with Crippen molar-refractivity contribution in [2.24, 2.45) is 0 Å². The first-order valence-electron chi connectivity index (χ1n) is 5.64. The van der Waals surface area contributed by atoms with Gasteiger partial charge in [0, 0.05) is 37.1 Å². The summed E-state index contributed by atoms with van der Waals surface area (Å²) in [6.07, 6.45) is 2.06. The molecule has 4 nitrogen and oxygen atoms in total. The SMILES string of the molecule is COCCCNCc1c(Cl)cccc1S(C)(=O)=O. The Hall–Kier alpha value is -0.620. The molecule has 1 rings (SSSR count). The van der Waals surface area contributed by atoms with Gasteiger partial charge in [-0.1, -0.05) is 17.7 Å². The fraction of sp³-hybridized carbons (Fsp3) is 0.500. The number of halogens is 1. The van der Waals surface area contributed by atoms with Crippen molar-refractivity contribution in [3.63, 3.8) is 0 Å². The zero-order valence-electron chi connectivity index (χ0n) is 10.6. The summed E-state index contributed by atoms with van der Waals surface area (Å²) in [5.74, 6) is 0. The van der Waals surface area contributed by atoms with E-state index in [-0.39, 0.29) is 4.90 Å². The summed E-state index contributed by atoms with van der Waals surface area (Å²) in [7, 11) is -1.60. The lowest BCUT2D eigenvalue weighted by Gasteiger charge is -2.11. The number of hydrogen-bond acceptors (Lipinski definition) is 4. The highest BCUT2D eigenvalue weighted by Crippen LogP contribution is 2.23. The third-order valence-electron chi connectivity index (χ3n) is 2.48. The Morgan fingerprint density at radius 2 is 2.11 bits per heavy atom. The number of rotatable bonds is 7. The number of methoxy groups -OCH3 is 1. The maximum absolute atomic E-state index is 11.6. The molecule has 6 heteroatoms. The Morgan fingerprint density at radius 3 is 2.72 bits per heavy atom. The van der Waals surface area contributed by atoms with E-state index >= 15 is 0 Å². The van der Waals surface area contributed by atoms with Gasteiger partial charge in [0.15, 0.2) is 9.84 Å². The van der Waals surface area contributed by atoms with E-state index in [1.165, 1.54) is 6.26 Å². The first-order valence-corrected chi connectivity index (χ1v) is 7.91. The van der Waals surface area contributed by atoms with E-state index in [0.29, 0.717) is 23.7 Å². The minimum Gasteiger partial charge on any atom is -0.385 e. The molecule has 0 heterocycles. The van der Waals surface area contributed by atoms with E-state index in [2.05, 4.69) is 5.32 Å². The van der Waals surface area contributed by atoms with E-state index < -0.39 is 9.84 Å². The van der Waals surface area contributed by atoms with E-state index in [0.717, 1.165) is 13.0 Å². The van der Waals surface area contributed by atoms with Gasteiger partial charge in [-0.2, -0.15) is 0 Å². The van der Waals surface area contributed by atoms with Crippen LogP contribution in [0.3, 0.4) is 0 Å².